The monoisotopic (exact) mass is 255 g/mol. The van der Waals surface area contributed by atoms with Crippen LogP contribution >= 0.6 is 0 Å². The van der Waals surface area contributed by atoms with E-state index in [1.54, 1.807) is 6.07 Å². The van der Waals surface area contributed by atoms with Gasteiger partial charge >= 0.3 is 0 Å². The Kier molecular flexibility index (Phi) is 2.91. The van der Waals surface area contributed by atoms with E-state index < -0.39 is 0 Å². The molecule has 98 valence electrons. The minimum absolute atomic E-state index is 0.119. The summed E-state index contributed by atoms with van der Waals surface area (Å²) in [5.41, 5.74) is 4.28. The van der Waals surface area contributed by atoms with E-state index in [4.69, 9.17) is 0 Å². The van der Waals surface area contributed by atoms with Crippen LogP contribution in [0.15, 0.2) is 36.4 Å². The molecule has 0 aromatic heterocycles. The van der Waals surface area contributed by atoms with Gasteiger partial charge < -0.3 is 15.5 Å². The zero-order chi connectivity index (χ0) is 13.4. The molecule has 0 spiro atoms. The summed E-state index contributed by atoms with van der Waals surface area (Å²) in [6, 6.07) is 11.7. The van der Waals surface area contributed by atoms with Gasteiger partial charge in [-0.05, 0) is 24.1 Å². The summed E-state index contributed by atoms with van der Waals surface area (Å²) < 4.78 is 0. The molecule has 3 rings (SSSR count). The lowest BCUT2D eigenvalue weighted by Gasteiger charge is -2.12. The van der Waals surface area contributed by atoms with Crippen LogP contribution in [0, 0.1) is 6.92 Å². The van der Waals surface area contributed by atoms with Gasteiger partial charge in [-0.3, -0.25) is 0 Å². The van der Waals surface area contributed by atoms with Gasteiger partial charge in [0.15, 0.2) is 0 Å². The molecule has 1 aliphatic heterocycles. The minimum Gasteiger partial charge on any atom is -0.508 e. The maximum atomic E-state index is 10.1. The number of phenolic OH excluding ortho intramolecular Hbond substituents is 2. The number of hydrogen-bond donors (Lipinski definition) is 3. The summed E-state index contributed by atoms with van der Waals surface area (Å²) in [5.74, 6) is 0.290. The first-order valence-corrected chi connectivity index (χ1v) is 6.47. The van der Waals surface area contributed by atoms with Gasteiger partial charge in [0.1, 0.15) is 11.5 Å². The van der Waals surface area contributed by atoms with Crippen molar-refractivity contribution in [2.24, 2.45) is 0 Å². The van der Waals surface area contributed by atoms with E-state index in [-0.39, 0.29) is 17.5 Å². The van der Waals surface area contributed by atoms with Crippen LogP contribution in [0.5, 0.6) is 11.5 Å². The van der Waals surface area contributed by atoms with Crippen molar-refractivity contribution in [2.75, 3.05) is 6.54 Å². The first-order valence-electron chi connectivity index (χ1n) is 6.47. The SMILES string of the molecule is Cc1ccc(Cc2c(O)cc(O)cc2C2CN2)cc1. The Hall–Kier alpha value is -2.00. The molecule has 1 aliphatic rings. The molecule has 0 amide bonds. The average Bonchev–Trinajstić information content (AvgIpc) is 3.19. The number of benzene rings is 2. The third-order valence-corrected chi connectivity index (χ3v) is 3.53. The van der Waals surface area contributed by atoms with Gasteiger partial charge in [-0.1, -0.05) is 29.8 Å². The number of phenols is 2. The van der Waals surface area contributed by atoms with E-state index in [9.17, 15) is 10.2 Å². The largest absolute Gasteiger partial charge is 0.508 e. The van der Waals surface area contributed by atoms with Crippen molar-refractivity contribution >= 4 is 0 Å². The van der Waals surface area contributed by atoms with Gasteiger partial charge in [0, 0.05) is 30.6 Å². The predicted octanol–water partition coefficient (Wildman–Crippen LogP) is 2.64. The normalized spacial score (nSPS) is 17.4. The fourth-order valence-corrected chi connectivity index (χ4v) is 2.36. The van der Waals surface area contributed by atoms with E-state index in [2.05, 4.69) is 36.5 Å². The minimum atomic E-state index is 0.119. The van der Waals surface area contributed by atoms with Gasteiger partial charge in [0.25, 0.3) is 0 Å². The molecule has 19 heavy (non-hydrogen) atoms. The molecule has 0 bridgehead atoms. The Bertz CT molecular complexity index is 601. The van der Waals surface area contributed by atoms with E-state index >= 15 is 0 Å². The average molecular weight is 255 g/mol. The topological polar surface area (TPSA) is 62.4 Å². The van der Waals surface area contributed by atoms with E-state index in [1.807, 2.05) is 0 Å². The predicted molar refractivity (Wildman–Crippen MR) is 74.5 cm³/mol. The molecular weight excluding hydrogens is 238 g/mol. The molecule has 0 radical (unpaired) electrons. The molecule has 0 saturated carbocycles. The summed E-state index contributed by atoms with van der Waals surface area (Å²) in [5, 5.41) is 22.9. The molecule has 1 atom stereocenters. The molecule has 2 aromatic carbocycles. The van der Waals surface area contributed by atoms with Gasteiger partial charge in [0.05, 0.1) is 0 Å². The molecule has 1 saturated heterocycles. The summed E-state index contributed by atoms with van der Waals surface area (Å²) >= 11 is 0. The second kappa shape index (κ2) is 4.59. The van der Waals surface area contributed by atoms with Crippen LogP contribution in [0.1, 0.15) is 28.3 Å². The molecule has 3 heteroatoms. The second-order valence-electron chi connectivity index (χ2n) is 5.16. The molecule has 1 fully saturated rings. The first-order chi connectivity index (χ1) is 9.13. The zero-order valence-electron chi connectivity index (χ0n) is 10.9. The van der Waals surface area contributed by atoms with Gasteiger partial charge in [-0.25, -0.2) is 0 Å². The molecule has 3 nitrogen and oxygen atoms in total. The number of aromatic hydroxyl groups is 2. The first kappa shape index (κ1) is 12.1. The second-order valence-corrected chi connectivity index (χ2v) is 5.16. The van der Waals surface area contributed by atoms with Gasteiger partial charge in [-0.15, -0.1) is 0 Å². The van der Waals surface area contributed by atoms with Crippen molar-refractivity contribution in [3.05, 3.63) is 58.7 Å². The Morgan fingerprint density at radius 2 is 1.84 bits per heavy atom. The standard InChI is InChI=1S/C16H17NO2/c1-10-2-4-11(5-3-10)6-14-13(15-9-17-15)7-12(18)8-16(14)19/h2-5,7-8,15,17-19H,6,9H2,1H3. The molecule has 2 aromatic rings. The third kappa shape index (κ3) is 2.56. The zero-order valence-corrected chi connectivity index (χ0v) is 10.9. The number of rotatable bonds is 3. The van der Waals surface area contributed by atoms with Crippen LogP contribution in [0.3, 0.4) is 0 Å². The molecule has 3 N–H and O–H groups in total. The molecule has 0 aliphatic carbocycles. The highest BCUT2D eigenvalue weighted by Gasteiger charge is 2.27. The Balaban J connectivity index is 1.97. The lowest BCUT2D eigenvalue weighted by Crippen LogP contribution is -1.97. The lowest BCUT2D eigenvalue weighted by molar-refractivity contribution is 0.445. The van der Waals surface area contributed by atoms with Crippen LogP contribution in [-0.2, 0) is 6.42 Å². The maximum absolute atomic E-state index is 10.1. The van der Waals surface area contributed by atoms with E-state index in [0.717, 1.165) is 23.2 Å². The van der Waals surface area contributed by atoms with Crippen molar-refractivity contribution in [3.63, 3.8) is 0 Å². The summed E-state index contributed by atoms with van der Waals surface area (Å²) in [6.07, 6.45) is 0.680. The van der Waals surface area contributed by atoms with Gasteiger partial charge in [-0.2, -0.15) is 0 Å². The number of aryl methyl sites for hydroxylation is 1. The summed E-state index contributed by atoms with van der Waals surface area (Å²) in [6.45, 7) is 2.96. The van der Waals surface area contributed by atoms with Crippen molar-refractivity contribution in [2.45, 2.75) is 19.4 Å². The Morgan fingerprint density at radius 1 is 1.16 bits per heavy atom. The maximum Gasteiger partial charge on any atom is 0.123 e. The van der Waals surface area contributed by atoms with Crippen LogP contribution < -0.4 is 5.32 Å². The fourth-order valence-electron chi connectivity index (χ4n) is 2.36. The Morgan fingerprint density at radius 3 is 2.47 bits per heavy atom. The highest BCUT2D eigenvalue weighted by Crippen LogP contribution is 2.35. The number of hydrogen-bond acceptors (Lipinski definition) is 3. The highest BCUT2D eigenvalue weighted by atomic mass is 16.3. The van der Waals surface area contributed by atoms with Crippen LogP contribution in [0.25, 0.3) is 0 Å². The van der Waals surface area contributed by atoms with Crippen molar-refractivity contribution in [1.82, 2.24) is 5.32 Å². The fraction of sp³-hybridized carbons (Fsp3) is 0.250. The smallest absolute Gasteiger partial charge is 0.123 e. The van der Waals surface area contributed by atoms with Crippen molar-refractivity contribution < 1.29 is 10.2 Å². The summed E-state index contributed by atoms with van der Waals surface area (Å²) in [4.78, 5) is 0. The summed E-state index contributed by atoms with van der Waals surface area (Å²) in [7, 11) is 0. The van der Waals surface area contributed by atoms with Crippen molar-refractivity contribution in [3.8, 4) is 11.5 Å². The van der Waals surface area contributed by atoms with Gasteiger partial charge in [0.2, 0.25) is 0 Å². The Labute approximate surface area is 112 Å². The number of nitrogens with one attached hydrogen (secondary N) is 1. The molecule has 1 heterocycles. The highest BCUT2D eigenvalue weighted by molar-refractivity contribution is 5.50. The third-order valence-electron chi connectivity index (χ3n) is 3.53. The van der Waals surface area contributed by atoms with Crippen LogP contribution in [-0.4, -0.2) is 16.8 Å². The van der Waals surface area contributed by atoms with E-state index in [0.29, 0.717) is 6.42 Å². The molecule has 1 unspecified atom stereocenters. The van der Waals surface area contributed by atoms with Crippen LogP contribution in [0.4, 0.5) is 0 Å². The van der Waals surface area contributed by atoms with Crippen molar-refractivity contribution in [1.29, 1.82) is 0 Å². The van der Waals surface area contributed by atoms with Crippen LogP contribution in [0.2, 0.25) is 0 Å². The lowest BCUT2D eigenvalue weighted by atomic mass is 9.96. The quantitative estimate of drug-likeness (QED) is 0.739. The van der Waals surface area contributed by atoms with E-state index in [1.165, 1.54) is 11.6 Å². The molecular formula is C16H17NO2.